The molecule has 2 saturated carbocycles. The van der Waals surface area contributed by atoms with Crippen LogP contribution in [-0.4, -0.2) is 24.6 Å². The second-order valence-electron chi connectivity index (χ2n) is 6.49. The van der Waals surface area contributed by atoms with Gasteiger partial charge < -0.3 is 9.47 Å². The van der Waals surface area contributed by atoms with Crippen molar-refractivity contribution < 1.29 is 19.1 Å². The molecular weight excluding hydrogens is 256 g/mol. The molecule has 20 heavy (non-hydrogen) atoms. The molecule has 0 N–H and O–H groups in total. The molecule has 0 aromatic heterocycles. The fraction of sp³-hybridized carbons (Fsp3) is 0.750. The summed E-state index contributed by atoms with van der Waals surface area (Å²) < 4.78 is 10.5. The van der Waals surface area contributed by atoms with Crippen molar-refractivity contribution in [3.8, 4) is 0 Å². The highest BCUT2D eigenvalue weighted by Crippen LogP contribution is 2.65. The van der Waals surface area contributed by atoms with Gasteiger partial charge in [0.1, 0.15) is 11.2 Å². The first-order chi connectivity index (χ1) is 9.55. The van der Waals surface area contributed by atoms with Crippen molar-refractivity contribution in [2.24, 2.45) is 11.3 Å². The molecule has 3 rings (SSSR count). The molecule has 1 heterocycles. The molecule has 110 valence electrons. The lowest BCUT2D eigenvalue weighted by atomic mass is 9.45. The lowest BCUT2D eigenvalue weighted by Crippen LogP contribution is -2.66. The third kappa shape index (κ3) is 1.66. The highest BCUT2D eigenvalue weighted by Gasteiger charge is 2.67. The third-order valence-electron chi connectivity index (χ3n) is 5.60. The molecule has 0 saturated heterocycles. The second kappa shape index (κ2) is 4.61. The minimum atomic E-state index is -0.570. The van der Waals surface area contributed by atoms with Gasteiger partial charge in [0.2, 0.25) is 0 Å². The summed E-state index contributed by atoms with van der Waals surface area (Å²) >= 11 is 0. The van der Waals surface area contributed by atoms with Gasteiger partial charge in [0.15, 0.2) is 0 Å². The highest BCUT2D eigenvalue weighted by atomic mass is 16.6. The largest absolute Gasteiger partial charge is 0.465 e. The minimum absolute atomic E-state index is 0.0928. The maximum atomic E-state index is 12.1. The van der Waals surface area contributed by atoms with Crippen LogP contribution >= 0.6 is 0 Å². The fourth-order valence-electron chi connectivity index (χ4n) is 4.51. The van der Waals surface area contributed by atoms with E-state index in [2.05, 4.69) is 6.92 Å². The maximum absolute atomic E-state index is 12.1. The standard InChI is InChI=1S/C16H22O4/c1-11-9-16-8-6-4-3-5-7-15(11,16)10-12(13(17)19-2)14(18)20-16/h10-11H,3-9H2,1-2H3/t11-,15?,16?/m1/s1. The van der Waals surface area contributed by atoms with Crippen LogP contribution in [0, 0.1) is 11.3 Å². The maximum Gasteiger partial charge on any atom is 0.345 e. The lowest BCUT2D eigenvalue weighted by Gasteiger charge is -2.64. The van der Waals surface area contributed by atoms with Gasteiger partial charge in [0.05, 0.1) is 7.11 Å². The van der Waals surface area contributed by atoms with Crippen molar-refractivity contribution in [2.45, 2.75) is 57.5 Å². The molecule has 3 aliphatic rings. The summed E-state index contributed by atoms with van der Waals surface area (Å²) in [5.74, 6) is -0.618. The molecule has 2 unspecified atom stereocenters. The van der Waals surface area contributed by atoms with Gasteiger partial charge in [-0.2, -0.15) is 0 Å². The minimum Gasteiger partial charge on any atom is -0.465 e. The molecule has 4 heteroatoms. The number of ether oxygens (including phenoxy) is 2. The SMILES string of the molecule is COC(=O)C1=CC23CCCCCCC2(C[C@H]3C)OC1=O. The molecule has 1 aliphatic heterocycles. The molecule has 0 aromatic rings. The summed E-state index contributed by atoms with van der Waals surface area (Å²) in [7, 11) is 1.30. The van der Waals surface area contributed by atoms with E-state index in [1.165, 1.54) is 20.0 Å². The monoisotopic (exact) mass is 278 g/mol. The quantitative estimate of drug-likeness (QED) is 0.546. The normalized spacial score (nSPS) is 40.0. The first-order valence-electron chi connectivity index (χ1n) is 7.59. The Morgan fingerprint density at radius 3 is 2.65 bits per heavy atom. The van der Waals surface area contributed by atoms with Crippen molar-refractivity contribution in [2.75, 3.05) is 7.11 Å². The predicted molar refractivity (Wildman–Crippen MR) is 72.8 cm³/mol. The first kappa shape index (κ1) is 13.7. The summed E-state index contributed by atoms with van der Waals surface area (Å²) in [6, 6.07) is 0. The number of esters is 2. The molecule has 3 atom stereocenters. The summed E-state index contributed by atoms with van der Waals surface area (Å²) in [6.45, 7) is 2.20. The topological polar surface area (TPSA) is 52.6 Å². The van der Waals surface area contributed by atoms with E-state index in [0.29, 0.717) is 5.92 Å². The van der Waals surface area contributed by atoms with Gasteiger partial charge in [-0.25, -0.2) is 9.59 Å². The van der Waals surface area contributed by atoms with Crippen LogP contribution < -0.4 is 0 Å². The predicted octanol–water partition coefficient (Wildman–Crippen LogP) is 2.76. The van der Waals surface area contributed by atoms with Gasteiger partial charge in [0.25, 0.3) is 0 Å². The van der Waals surface area contributed by atoms with Crippen LogP contribution in [0.15, 0.2) is 11.6 Å². The Balaban J connectivity index is 2.04. The van der Waals surface area contributed by atoms with Crippen LogP contribution in [-0.2, 0) is 19.1 Å². The number of carbonyl (C=O) groups is 2. The van der Waals surface area contributed by atoms with Crippen molar-refractivity contribution in [3.05, 3.63) is 11.6 Å². The smallest absolute Gasteiger partial charge is 0.345 e. The zero-order chi connectivity index (χ0) is 14.4. The van der Waals surface area contributed by atoms with Crippen molar-refractivity contribution in [1.82, 2.24) is 0 Å². The van der Waals surface area contributed by atoms with Crippen molar-refractivity contribution >= 4 is 11.9 Å². The summed E-state index contributed by atoms with van der Waals surface area (Å²) in [4.78, 5) is 23.9. The Kier molecular flexibility index (Phi) is 3.14. The Morgan fingerprint density at radius 1 is 1.30 bits per heavy atom. The van der Waals surface area contributed by atoms with E-state index in [0.717, 1.165) is 32.1 Å². The van der Waals surface area contributed by atoms with Crippen LogP contribution in [0.4, 0.5) is 0 Å². The molecule has 2 aliphatic carbocycles. The number of rotatable bonds is 1. The van der Waals surface area contributed by atoms with Gasteiger partial charge in [-0.15, -0.1) is 0 Å². The van der Waals surface area contributed by atoms with Crippen LogP contribution in [0.3, 0.4) is 0 Å². The molecule has 0 amide bonds. The van der Waals surface area contributed by atoms with Crippen molar-refractivity contribution in [1.29, 1.82) is 0 Å². The average Bonchev–Trinajstić information content (AvgIpc) is 2.41. The zero-order valence-electron chi connectivity index (χ0n) is 12.2. The van der Waals surface area contributed by atoms with Crippen LogP contribution in [0.5, 0.6) is 0 Å². The fourth-order valence-corrected chi connectivity index (χ4v) is 4.51. The second-order valence-corrected chi connectivity index (χ2v) is 6.49. The van der Waals surface area contributed by atoms with E-state index in [1.807, 2.05) is 6.08 Å². The van der Waals surface area contributed by atoms with E-state index in [1.54, 1.807) is 0 Å². The van der Waals surface area contributed by atoms with Crippen LogP contribution in [0.1, 0.15) is 51.9 Å². The summed E-state index contributed by atoms with van der Waals surface area (Å²) in [6.07, 6.45) is 9.40. The van der Waals surface area contributed by atoms with Crippen LogP contribution in [0.2, 0.25) is 0 Å². The zero-order valence-corrected chi connectivity index (χ0v) is 12.2. The van der Waals surface area contributed by atoms with E-state index in [9.17, 15) is 9.59 Å². The van der Waals surface area contributed by atoms with Crippen molar-refractivity contribution in [3.63, 3.8) is 0 Å². The van der Waals surface area contributed by atoms with Gasteiger partial charge in [-0.05, 0) is 31.6 Å². The molecule has 0 spiro atoms. The summed E-state index contributed by atoms with van der Waals surface area (Å²) in [5, 5.41) is 0. The molecule has 0 aromatic carbocycles. The Labute approximate surface area is 119 Å². The highest BCUT2D eigenvalue weighted by molar-refractivity contribution is 6.14. The number of hydrogen-bond acceptors (Lipinski definition) is 4. The Hall–Kier alpha value is -1.32. The summed E-state index contributed by atoms with van der Waals surface area (Å²) in [5.41, 5.74) is -0.415. The molecule has 0 bridgehead atoms. The van der Waals surface area contributed by atoms with E-state index >= 15 is 0 Å². The van der Waals surface area contributed by atoms with Gasteiger partial charge in [0, 0.05) is 5.41 Å². The molecule has 4 nitrogen and oxygen atoms in total. The van der Waals surface area contributed by atoms with E-state index in [4.69, 9.17) is 9.47 Å². The van der Waals surface area contributed by atoms with E-state index < -0.39 is 11.9 Å². The number of carbonyl (C=O) groups excluding carboxylic acids is 2. The average molecular weight is 278 g/mol. The van der Waals surface area contributed by atoms with Gasteiger partial charge >= 0.3 is 11.9 Å². The number of methoxy groups -OCH3 is 1. The molecule has 2 fully saturated rings. The van der Waals surface area contributed by atoms with Gasteiger partial charge in [-0.1, -0.05) is 32.3 Å². The molecular formula is C16H22O4. The Morgan fingerprint density at radius 2 is 2.00 bits per heavy atom. The van der Waals surface area contributed by atoms with Crippen LogP contribution in [0.25, 0.3) is 0 Å². The Bertz CT molecular complexity index is 481. The molecule has 0 radical (unpaired) electrons. The first-order valence-corrected chi connectivity index (χ1v) is 7.59. The van der Waals surface area contributed by atoms with E-state index in [-0.39, 0.29) is 16.6 Å². The number of hydrogen-bond donors (Lipinski definition) is 0. The van der Waals surface area contributed by atoms with Gasteiger partial charge in [-0.3, -0.25) is 0 Å². The third-order valence-corrected chi connectivity index (χ3v) is 5.60. The lowest BCUT2D eigenvalue weighted by molar-refractivity contribution is -0.228.